The van der Waals surface area contributed by atoms with E-state index in [9.17, 15) is 0 Å². The molecule has 2 aromatic carbocycles. The van der Waals surface area contributed by atoms with Crippen LogP contribution in [-0.4, -0.2) is 41.4 Å². The van der Waals surface area contributed by atoms with Crippen LogP contribution in [0.3, 0.4) is 0 Å². The summed E-state index contributed by atoms with van der Waals surface area (Å²) in [6.45, 7) is 1.24. The summed E-state index contributed by atoms with van der Waals surface area (Å²) in [6, 6.07) is 14.1. The molecule has 4 rings (SSSR count). The minimum Gasteiger partial charge on any atom is -0.497 e. The molecule has 0 radical (unpaired) electrons. The predicted octanol–water partition coefficient (Wildman–Crippen LogP) is 4.28. The summed E-state index contributed by atoms with van der Waals surface area (Å²) in [5.74, 6) is 3.15. The molecule has 1 saturated carbocycles. The van der Waals surface area contributed by atoms with Gasteiger partial charge in [-0.15, -0.1) is 24.0 Å². The Balaban J connectivity index is 0.00000306. The molecule has 3 aromatic rings. The number of aromatic amines is 1. The molecule has 8 nitrogen and oxygen atoms in total. The Hall–Kier alpha value is -2.82. The summed E-state index contributed by atoms with van der Waals surface area (Å²) in [7, 11) is 3.44. The highest BCUT2D eigenvalue weighted by Gasteiger charge is 2.18. The van der Waals surface area contributed by atoms with Crippen molar-refractivity contribution in [3.8, 4) is 22.9 Å². The van der Waals surface area contributed by atoms with E-state index in [2.05, 4.69) is 42.9 Å². The standard InChI is InChI=1S/C24H30N6O2.HI/c1-25-24(26-14-17-6-5-7-18(12-17)23-28-16-29-30-23)27-15-19-10-11-21(31-2)13-22(19)32-20-8-3-4-9-20;/h5-7,10-13,16,20H,3-4,8-9,14-15H2,1-2H3,(H2,25,26,27)(H,28,29,30);1H. The molecule has 0 amide bonds. The molecular formula is C24H31IN6O2. The van der Waals surface area contributed by atoms with Crippen molar-refractivity contribution in [3.63, 3.8) is 0 Å². The summed E-state index contributed by atoms with van der Waals surface area (Å²) in [5, 5.41) is 13.6. The van der Waals surface area contributed by atoms with Crippen LogP contribution >= 0.6 is 24.0 Å². The predicted molar refractivity (Wildman–Crippen MR) is 140 cm³/mol. The highest BCUT2D eigenvalue weighted by molar-refractivity contribution is 14.0. The molecule has 0 bridgehead atoms. The van der Waals surface area contributed by atoms with E-state index >= 15 is 0 Å². The van der Waals surface area contributed by atoms with E-state index in [0.717, 1.165) is 52.8 Å². The molecule has 3 N–H and O–H groups in total. The maximum Gasteiger partial charge on any atom is 0.191 e. The van der Waals surface area contributed by atoms with Crippen molar-refractivity contribution in [2.45, 2.75) is 44.9 Å². The molecule has 1 aromatic heterocycles. The third kappa shape index (κ3) is 6.83. The average molecular weight is 562 g/mol. The van der Waals surface area contributed by atoms with Gasteiger partial charge in [0.15, 0.2) is 11.8 Å². The van der Waals surface area contributed by atoms with E-state index in [1.54, 1.807) is 14.2 Å². The average Bonchev–Trinajstić information content (AvgIpc) is 3.55. The Morgan fingerprint density at radius 2 is 1.94 bits per heavy atom. The molecule has 1 heterocycles. The third-order valence-corrected chi connectivity index (χ3v) is 5.62. The van der Waals surface area contributed by atoms with E-state index < -0.39 is 0 Å². The van der Waals surface area contributed by atoms with Crippen molar-refractivity contribution in [2.75, 3.05) is 14.2 Å². The fraction of sp³-hybridized carbons (Fsp3) is 0.375. The number of hydrogen-bond acceptors (Lipinski definition) is 5. The lowest BCUT2D eigenvalue weighted by molar-refractivity contribution is 0.207. The van der Waals surface area contributed by atoms with Gasteiger partial charge in [0.25, 0.3) is 0 Å². The van der Waals surface area contributed by atoms with Crippen LogP contribution in [-0.2, 0) is 13.1 Å². The van der Waals surface area contributed by atoms with Gasteiger partial charge in [0.05, 0.1) is 13.2 Å². The van der Waals surface area contributed by atoms with Crippen molar-refractivity contribution in [1.82, 2.24) is 25.8 Å². The van der Waals surface area contributed by atoms with Crippen molar-refractivity contribution in [1.29, 1.82) is 0 Å². The van der Waals surface area contributed by atoms with Crippen molar-refractivity contribution in [2.24, 2.45) is 4.99 Å². The van der Waals surface area contributed by atoms with Gasteiger partial charge in [0.1, 0.15) is 17.8 Å². The Bertz CT molecular complexity index is 1040. The zero-order valence-corrected chi connectivity index (χ0v) is 21.3. The molecule has 1 aliphatic carbocycles. The minimum absolute atomic E-state index is 0. The topological polar surface area (TPSA) is 96.5 Å². The molecule has 0 atom stereocenters. The molecule has 176 valence electrons. The zero-order valence-electron chi connectivity index (χ0n) is 19.0. The summed E-state index contributed by atoms with van der Waals surface area (Å²) < 4.78 is 11.7. The zero-order chi connectivity index (χ0) is 22.2. The van der Waals surface area contributed by atoms with Gasteiger partial charge in [-0.25, -0.2) is 4.98 Å². The lowest BCUT2D eigenvalue weighted by Crippen LogP contribution is -2.36. The molecule has 33 heavy (non-hydrogen) atoms. The molecule has 1 aliphatic rings. The van der Waals surface area contributed by atoms with Crippen LogP contribution < -0.4 is 20.1 Å². The molecule has 9 heteroatoms. The highest BCUT2D eigenvalue weighted by Crippen LogP contribution is 2.30. The Kier molecular flexibility index (Phi) is 9.35. The van der Waals surface area contributed by atoms with Gasteiger partial charge < -0.3 is 20.1 Å². The van der Waals surface area contributed by atoms with Gasteiger partial charge in [-0.05, 0) is 49.4 Å². The Morgan fingerprint density at radius 3 is 2.67 bits per heavy atom. The highest BCUT2D eigenvalue weighted by atomic mass is 127. The molecule has 1 fully saturated rings. The van der Waals surface area contributed by atoms with E-state index in [4.69, 9.17) is 9.47 Å². The Morgan fingerprint density at radius 1 is 1.12 bits per heavy atom. The molecule has 0 saturated heterocycles. The molecule has 0 unspecified atom stereocenters. The summed E-state index contributed by atoms with van der Waals surface area (Å²) in [4.78, 5) is 8.57. The van der Waals surface area contributed by atoms with E-state index in [-0.39, 0.29) is 30.1 Å². The number of benzene rings is 2. The number of aromatic nitrogens is 3. The van der Waals surface area contributed by atoms with Gasteiger partial charge >= 0.3 is 0 Å². The fourth-order valence-corrected chi connectivity index (χ4v) is 3.86. The first kappa shape index (κ1) is 24.8. The second kappa shape index (κ2) is 12.4. The van der Waals surface area contributed by atoms with Gasteiger partial charge in [-0.3, -0.25) is 10.1 Å². The van der Waals surface area contributed by atoms with Gasteiger partial charge in [-0.2, -0.15) is 5.10 Å². The van der Waals surface area contributed by atoms with Crippen molar-refractivity contribution >= 4 is 29.9 Å². The first-order valence-electron chi connectivity index (χ1n) is 11.0. The summed E-state index contributed by atoms with van der Waals surface area (Å²) in [5.41, 5.74) is 3.20. The number of H-pyrrole nitrogens is 1. The number of methoxy groups -OCH3 is 1. The van der Waals surface area contributed by atoms with Gasteiger partial charge in [0.2, 0.25) is 0 Å². The van der Waals surface area contributed by atoms with Crippen LogP contribution in [0.4, 0.5) is 0 Å². The van der Waals surface area contributed by atoms with Crippen LogP contribution in [0.15, 0.2) is 53.8 Å². The number of aliphatic imine (C=N–C) groups is 1. The maximum absolute atomic E-state index is 6.30. The molecule has 0 spiro atoms. The number of nitrogens with zero attached hydrogens (tertiary/aromatic N) is 3. The van der Waals surface area contributed by atoms with E-state index in [1.165, 1.54) is 19.2 Å². The van der Waals surface area contributed by atoms with E-state index in [1.807, 2.05) is 30.3 Å². The number of rotatable bonds is 8. The molecular weight excluding hydrogens is 531 g/mol. The third-order valence-electron chi connectivity index (χ3n) is 5.62. The maximum atomic E-state index is 6.30. The van der Waals surface area contributed by atoms with Crippen LogP contribution in [0, 0.1) is 0 Å². The van der Waals surface area contributed by atoms with Crippen LogP contribution in [0.1, 0.15) is 36.8 Å². The van der Waals surface area contributed by atoms with Gasteiger partial charge in [0, 0.05) is 37.3 Å². The number of ether oxygens (including phenoxy) is 2. The number of guanidine groups is 1. The quantitative estimate of drug-likeness (QED) is 0.216. The number of halogens is 1. The van der Waals surface area contributed by atoms with Crippen molar-refractivity contribution in [3.05, 3.63) is 59.9 Å². The van der Waals surface area contributed by atoms with E-state index in [0.29, 0.717) is 13.1 Å². The van der Waals surface area contributed by atoms with Crippen LogP contribution in [0.5, 0.6) is 11.5 Å². The summed E-state index contributed by atoms with van der Waals surface area (Å²) in [6.07, 6.45) is 6.48. The SMILES string of the molecule is CN=C(NCc1cccc(-c2ncn[nH]2)c1)NCc1ccc(OC)cc1OC1CCCC1.I. The minimum atomic E-state index is 0. The lowest BCUT2D eigenvalue weighted by Gasteiger charge is -2.19. The van der Waals surface area contributed by atoms with Crippen LogP contribution in [0.25, 0.3) is 11.4 Å². The second-order valence-corrected chi connectivity index (χ2v) is 7.81. The second-order valence-electron chi connectivity index (χ2n) is 7.81. The molecule has 0 aliphatic heterocycles. The first-order chi connectivity index (χ1) is 15.7. The smallest absolute Gasteiger partial charge is 0.191 e. The number of nitrogens with one attached hydrogen (secondary N) is 3. The van der Waals surface area contributed by atoms with Crippen molar-refractivity contribution < 1.29 is 9.47 Å². The summed E-state index contributed by atoms with van der Waals surface area (Å²) >= 11 is 0. The normalized spacial score (nSPS) is 13.9. The number of hydrogen-bond donors (Lipinski definition) is 3. The fourth-order valence-electron chi connectivity index (χ4n) is 3.86. The van der Waals surface area contributed by atoms with Crippen LogP contribution in [0.2, 0.25) is 0 Å². The largest absolute Gasteiger partial charge is 0.497 e. The van der Waals surface area contributed by atoms with Gasteiger partial charge in [-0.1, -0.05) is 18.2 Å². The lowest BCUT2D eigenvalue weighted by atomic mass is 10.1. The monoisotopic (exact) mass is 562 g/mol. The first-order valence-corrected chi connectivity index (χ1v) is 11.0. The Labute approximate surface area is 211 Å².